The third-order valence-electron chi connectivity index (χ3n) is 3.45. The van der Waals surface area contributed by atoms with Crippen LogP contribution < -0.4 is 5.32 Å². The molecule has 2 aromatic rings. The second-order valence-electron chi connectivity index (χ2n) is 6.05. The van der Waals surface area contributed by atoms with Crippen LogP contribution in [-0.2, 0) is 0 Å². The second kappa shape index (κ2) is 7.16. The molecule has 1 aromatic carbocycles. The Bertz CT molecular complexity index is 755. The summed E-state index contributed by atoms with van der Waals surface area (Å²) in [6.07, 6.45) is 0. The average Bonchev–Trinajstić information content (AvgIpc) is 2.54. The number of nitrogens with one attached hydrogen (secondary N) is 1. The Hall–Kier alpha value is -2.83. The molecule has 7 heteroatoms. The monoisotopic (exact) mass is 328 g/mol. The summed E-state index contributed by atoms with van der Waals surface area (Å²) in [5.74, 6) is -0.976. The zero-order valence-electron chi connectivity index (χ0n) is 14.1. The fraction of sp³-hybridized carbons (Fsp3) is 0.353. The lowest BCUT2D eigenvalue weighted by Gasteiger charge is -2.14. The maximum atomic E-state index is 12.2. The zero-order valence-corrected chi connectivity index (χ0v) is 14.1. The van der Waals surface area contributed by atoms with Crippen LogP contribution in [0.25, 0.3) is 0 Å². The summed E-state index contributed by atoms with van der Waals surface area (Å²) in [4.78, 5) is 27.5. The third-order valence-corrected chi connectivity index (χ3v) is 3.45. The van der Waals surface area contributed by atoms with Crippen LogP contribution in [0, 0.1) is 0 Å². The number of benzene rings is 1. The van der Waals surface area contributed by atoms with Gasteiger partial charge in [0, 0.05) is 5.56 Å². The molecule has 0 bridgehead atoms. The number of carboxylic acids is 1. The Morgan fingerprint density at radius 1 is 0.917 bits per heavy atom. The summed E-state index contributed by atoms with van der Waals surface area (Å²) in [6.45, 7) is 8.04. The van der Waals surface area contributed by atoms with Crippen molar-refractivity contribution in [3.63, 3.8) is 0 Å². The second-order valence-corrected chi connectivity index (χ2v) is 6.05. The van der Waals surface area contributed by atoms with Crippen molar-refractivity contribution in [1.29, 1.82) is 0 Å². The standard InChI is InChI=1S/C17H20N4O3/c1-9(2)13-14(10(3)4)20-21-17(18-13)19-15(22)11-5-7-12(8-6-11)16(23)24/h5-10H,1-4H3,(H,23,24)(H,18,19,21,22). The fourth-order valence-electron chi connectivity index (χ4n) is 2.17. The van der Waals surface area contributed by atoms with Crippen LogP contribution in [0.15, 0.2) is 24.3 Å². The van der Waals surface area contributed by atoms with Crippen molar-refractivity contribution < 1.29 is 14.7 Å². The molecule has 1 amide bonds. The van der Waals surface area contributed by atoms with Crippen LogP contribution in [0.3, 0.4) is 0 Å². The van der Waals surface area contributed by atoms with E-state index in [9.17, 15) is 9.59 Å². The van der Waals surface area contributed by atoms with Gasteiger partial charge < -0.3 is 5.11 Å². The zero-order chi connectivity index (χ0) is 17.9. The highest BCUT2D eigenvalue weighted by Crippen LogP contribution is 2.22. The number of nitrogens with zero attached hydrogens (tertiary/aromatic N) is 3. The molecule has 0 saturated heterocycles. The Morgan fingerprint density at radius 3 is 1.96 bits per heavy atom. The normalized spacial score (nSPS) is 10.9. The van der Waals surface area contributed by atoms with Gasteiger partial charge in [0.05, 0.1) is 17.0 Å². The van der Waals surface area contributed by atoms with Crippen molar-refractivity contribution in [3.05, 3.63) is 46.8 Å². The van der Waals surface area contributed by atoms with Gasteiger partial charge in [-0.25, -0.2) is 9.78 Å². The van der Waals surface area contributed by atoms with Crippen molar-refractivity contribution in [2.45, 2.75) is 39.5 Å². The van der Waals surface area contributed by atoms with E-state index in [1.165, 1.54) is 24.3 Å². The predicted octanol–water partition coefficient (Wildman–Crippen LogP) is 3.07. The molecule has 0 atom stereocenters. The Balaban J connectivity index is 2.22. The first kappa shape index (κ1) is 17.5. The number of carboxylic acid groups (broad SMARTS) is 1. The summed E-state index contributed by atoms with van der Waals surface area (Å²) < 4.78 is 0. The van der Waals surface area contributed by atoms with Crippen LogP contribution >= 0.6 is 0 Å². The molecule has 0 saturated carbocycles. The predicted molar refractivity (Wildman–Crippen MR) is 89.4 cm³/mol. The molecule has 0 spiro atoms. The van der Waals surface area contributed by atoms with Gasteiger partial charge in [-0.3, -0.25) is 10.1 Å². The van der Waals surface area contributed by atoms with E-state index in [0.717, 1.165) is 11.4 Å². The number of aromatic carboxylic acids is 1. The van der Waals surface area contributed by atoms with Crippen LogP contribution in [0.5, 0.6) is 0 Å². The molecule has 2 N–H and O–H groups in total. The molecule has 0 aliphatic heterocycles. The highest BCUT2D eigenvalue weighted by atomic mass is 16.4. The van der Waals surface area contributed by atoms with Gasteiger partial charge in [-0.2, -0.15) is 0 Å². The van der Waals surface area contributed by atoms with Crippen LogP contribution in [0.2, 0.25) is 0 Å². The third kappa shape index (κ3) is 3.92. The first-order chi connectivity index (χ1) is 11.3. The Morgan fingerprint density at radius 2 is 1.46 bits per heavy atom. The maximum absolute atomic E-state index is 12.2. The van der Waals surface area contributed by atoms with Gasteiger partial charge in [0.2, 0.25) is 5.95 Å². The lowest BCUT2D eigenvalue weighted by atomic mass is 10.0. The van der Waals surface area contributed by atoms with Crippen LogP contribution in [-0.4, -0.2) is 32.2 Å². The number of rotatable bonds is 5. The highest BCUT2D eigenvalue weighted by Gasteiger charge is 2.17. The molecule has 0 aliphatic carbocycles. The topological polar surface area (TPSA) is 105 Å². The molecule has 126 valence electrons. The number of carbonyl (C=O) groups is 2. The number of carbonyl (C=O) groups excluding carboxylic acids is 1. The minimum atomic E-state index is -1.04. The van der Waals surface area contributed by atoms with Gasteiger partial charge in [0.25, 0.3) is 5.91 Å². The van der Waals surface area contributed by atoms with E-state index in [0.29, 0.717) is 5.56 Å². The van der Waals surface area contributed by atoms with Gasteiger partial charge in [-0.15, -0.1) is 10.2 Å². The van der Waals surface area contributed by atoms with E-state index >= 15 is 0 Å². The van der Waals surface area contributed by atoms with E-state index in [1.54, 1.807) is 0 Å². The molecular weight excluding hydrogens is 308 g/mol. The Labute approximate surface area is 140 Å². The van der Waals surface area contributed by atoms with Crippen molar-refractivity contribution in [1.82, 2.24) is 15.2 Å². The molecule has 0 radical (unpaired) electrons. The molecule has 2 rings (SSSR count). The van der Waals surface area contributed by atoms with Crippen molar-refractivity contribution in [2.24, 2.45) is 0 Å². The first-order valence-corrected chi connectivity index (χ1v) is 7.68. The largest absolute Gasteiger partial charge is 0.478 e. The summed E-state index contributed by atoms with van der Waals surface area (Å²) in [6, 6.07) is 5.63. The molecule has 0 unspecified atom stereocenters. The van der Waals surface area contributed by atoms with Crippen molar-refractivity contribution >= 4 is 17.8 Å². The van der Waals surface area contributed by atoms with E-state index in [4.69, 9.17) is 5.11 Å². The van der Waals surface area contributed by atoms with E-state index in [2.05, 4.69) is 20.5 Å². The quantitative estimate of drug-likeness (QED) is 0.874. The lowest BCUT2D eigenvalue weighted by Crippen LogP contribution is -2.17. The van der Waals surface area contributed by atoms with Crippen molar-refractivity contribution in [3.8, 4) is 0 Å². The number of amides is 1. The number of hydrogen-bond donors (Lipinski definition) is 2. The molecule has 0 fully saturated rings. The number of hydrogen-bond acceptors (Lipinski definition) is 5. The minimum Gasteiger partial charge on any atom is -0.478 e. The molecule has 7 nitrogen and oxygen atoms in total. The van der Waals surface area contributed by atoms with Gasteiger partial charge in [-0.1, -0.05) is 27.7 Å². The summed E-state index contributed by atoms with van der Waals surface area (Å²) in [7, 11) is 0. The van der Waals surface area contributed by atoms with Gasteiger partial charge >= 0.3 is 5.97 Å². The number of aromatic nitrogens is 3. The maximum Gasteiger partial charge on any atom is 0.335 e. The summed E-state index contributed by atoms with van der Waals surface area (Å²) >= 11 is 0. The van der Waals surface area contributed by atoms with Gasteiger partial charge in [-0.05, 0) is 36.1 Å². The fourth-order valence-corrected chi connectivity index (χ4v) is 2.17. The molecule has 1 aromatic heterocycles. The smallest absolute Gasteiger partial charge is 0.335 e. The van der Waals surface area contributed by atoms with E-state index in [1.807, 2.05) is 27.7 Å². The summed E-state index contributed by atoms with van der Waals surface area (Å²) in [5, 5.41) is 19.6. The van der Waals surface area contributed by atoms with E-state index in [-0.39, 0.29) is 23.3 Å². The molecule has 1 heterocycles. The highest BCUT2D eigenvalue weighted by molar-refractivity contribution is 6.03. The van der Waals surface area contributed by atoms with Gasteiger partial charge in [0.1, 0.15) is 0 Å². The first-order valence-electron chi connectivity index (χ1n) is 7.68. The molecule has 24 heavy (non-hydrogen) atoms. The average molecular weight is 328 g/mol. The summed E-state index contributed by atoms with van der Waals surface area (Å²) in [5.41, 5.74) is 2.06. The Kier molecular flexibility index (Phi) is 5.23. The van der Waals surface area contributed by atoms with Crippen molar-refractivity contribution in [2.75, 3.05) is 5.32 Å². The van der Waals surface area contributed by atoms with Crippen LogP contribution in [0.4, 0.5) is 5.95 Å². The number of anilines is 1. The lowest BCUT2D eigenvalue weighted by molar-refractivity contribution is 0.0696. The molecular formula is C17H20N4O3. The molecule has 0 aliphatic rings. The van der Waals surface area contributed by atoms with Crippen LogP contribution in [0.1, 0.15) is 71.6 Å². The van der Waals surface area contributed by atoms with Gasteiger partial charge in [0.15, 0.2) is 0 Å². The minimum absolute atomic E-state index is 0.118. The van der Waals surface area contributed by atoms with E-state index < -0.39 is 11.9 Å². The SMILES string of the molecule is CC(C)c1nnc(NC(=O)c2ccc(C(=O)O)cc2)nc1C(C)C.